The van der Waals surface area contributed by atoms with E-state index in [4.69, 9.17) is 0 Å². The van der Waals surface area contributed by atoms with Crippen LogP contribution in [0.4, 0.5) is 0 Å². The Morgan fingerprint density at radius 1 is 1.50 bits per heavy atom. The molecule has 0 fully saturated rings. The molecule has 8 heavy (non-hydrogen) atoms. The van der Waals surface area contributed by atoms with Gasteiger partial charge in [-0.05, 0) is 12.0 Å². The lowest BCUT2D eigenvalue weighted by atomic mass is 9.83. The van der Waals surface area contributed by atoms with Gasteiger partial charge in [0.1, 0.15) is 0 Å². The Bertz CT molecular complexity index is 180. The molecule has 2 aliphatic rings. The first kappa shape index (κ1) is 4.13. The molecule has 0 N–H and O–H groups in total. The quantitative estimate of drug-likeness (QED) is 0.441. The van der Waals surface area contributed by atoms with Gasteiger partial charge in [0.15, 0.2) is 0 Å². The van der Waals surface area contributed by atoms with Gasteiger partial charge in [-0.25, -0.2) is 0 Å². The minimum atomic E-state index is 0.778. The Kier molecular flexibility index (Phi) is 0.696. The maximum atomic E-state index is 2.26. The lowest BCUT2D eigenvalue weighted by molar-refractivity contribution is 0.743. The molecule has 0 spiro atoms. The van der Waals surface area contributed by atoms with E-state index in [-0.39, 0.29) is 0 Å². The van der Waals surface area contributed by atoms with E-state index in [2.05, 4.69) is 30.4 Å². The molecule has 1 unspecified atom stereocenters. The monoisotopic (exact) mass is 104 g/mol. The number of allylic oxidation sites excluding steroid dienone is 6. The van der Waals surface area contributed by atoms with Crippen molar-refractivity contribution in [1.29, 1.82) is 0 Å². The van der Waals surface area contributed by atoms with Crippen molar-refractivity contribution in [3.8, 4) is 0 Å². The molecule has 0 nitrogen and oxygen atoms in total. The predicted octanol–water partition coefficient (Wildman–Crippen LogP) is 2.06. The van der Waals surface area contributed by atoms with Crippen LogP contribution < -0.4 is 0 Å². The SMILES string of the molecule is C1=CCC2C=CC2=C1. The third-order valence-corrected chi connectivity index (χ3v) is 1.76. The number of rotatable bonds is 0. The molecule has 0 aliphatic heterocycles. The Balaban J connectivity index is 2.36. The van der Waals surface area contributed by atoms with E-state index in [1.165, 1.54) is 12.0 Å². The molecule has 2 aliphatic carbocycles. The van der Waals surface area contributed by atoms with Crippen LogP contribution in [0.15, 0.2) is 36.0 Å². The van der Waals surface area contributed by atoms with Gasteiger partial charge in [0.05, 0.1) is 0 Å². The van der Waals surface area contributed by atoms with E-state index in [1.807, 2.05) is 0 Å². The van der Waals surface area contributed by atoms with E-state index >= 15 is 0 Å². The average Bonchev–Trinajstić information content (AvgIpc) is 1.72. The highest BCUT2D eigenvalue weighted by molar-refractivity contribution is 5.40. The molecule has 0 heterocycles. The van der Waals surface area contributed by atoms with Gasteiger partial charge in [0.25, 0.3) is 0 Å². The minimum absolute atomic E-state index is 0.778. The zero-order valence-electron chi connectivity index (χ0n) is 4.67. The molecule has 0 amide bonds. The van der Waals surface area contributed by atoms with Gasteiger partial charge in [0.2, 0.25) is 0 Å². The van der Waals surface area contributed by atoms with Crippen molar-refractivity contribution in [2.75, 3.05) is 0 Å². The highest BCUT2D eigenvalue weighted by Crippen LogP contribution is 2.30. The van der Waals surface area contributed by atoms with Crippen molar-refractivity contribution in [3.05, 3.63) is 36.0 Å². The van der Waals surface area contributed by atoms with E-state index < -0.39 is 0 Å². The van der Waals surface area contributed by atoms with Crippen molar-refractivity contribution in [2.45, 2.75) is 6.42 Å². The summed E-state index contributed by atoms with van der Waals surface area (Å²) in [6.07, 6.45) is 12.2. The minimum Gasteiger partial charge on any atom is -0.0836 e. The van der Waals surface area contributed by atoms with Crippen LogP contribution in [0, 0.1) is 5.92 Å². The van der Waals surface area contributed by atoms with Gasteiger partial charge in [-0.2, -0.15) is 0 Å². The molecule has 0 heteroatoms. The number of fused-ring (bicyclic) bond motifs is 1. The normalized spacial score (nSPS) is 31.0. The van der Waals surface area contributed by atoms with Gasteiger partial charge >= 0.3 is 0 Å². The summed E-state index contributed by atoms with van der Waals surface area (Å²) in [5.74, 6) is 0.778. The summed E-state index contributed by atoms with van der Waals surface area (Å²) >= 11 is 0. The second-order valence-corrected chi connectivity index (χ2v) is 2.30. The van der Waals surface area contributed by atoms with E-state index in [0.29, 0.717) is 0 Å². The van der Waals surface area contributed by atoms with E-state index in [1.54, 1.807) is 0 Å². The summed E-state index contributed by atoms with van der Waals surface area (Å²) in [6.45, 7) is 0. The van der Waals surface area contributed by atoms with Crippen LogP contribution in [-0.2, 0) is 0 Å². The van der Waals surface area contributed by atoms with Gasteiger partial charge < -0.3 is 0 Å². The van der Waals surface area contributed by atoms with Crippen LogP contribution in [-0.4, -0.2) is 0 Å². The van der Waals surface area contributed by atoms with Crippen LogP contribution in [0.25, 0.3) is 0 Å². The molecule has 1 atom stereocenters. The second-order valence-electron chi connectivity index (χ2n) is 2.30. The average molecular weight is 104 g/mol. The molecular formula is C8H8. The standard InChI is InChI=1S/C8H8/c1-2-4-8-6-5-7(8)3-1/h1-3,5-6,8H,4H2. The van der Waals surface area contributed by atoms with Crippen LogP contribution in [0.2, 0.25) is 0 Å². The molecular weight excluding hydrogens is 96.1 g/mol. The van der Waals surface area contributed by atoms with E-state index in [9.17, 15) is 0 Å². The van der Waals surface area contributed by atoms with E-state index in [0.717, 1.165) is 5.92 Å². The van der Waals surface area contributed by atoms with Gasteiger partial charge in [0, 0.05) is 5.92 Å². The van der Waals surface area contributed by atoms with Crippen molar-refractivity contribution < 1.29 is 0 Å². The highest BCUT2D eigenvalue weighted by atomic mass is 14.2. The first-order valence-corrected chi connectivity index (χ1v) is 3.02. The third kappa shape index (κ3) is 0.401. The van der Waals surface area contributed by atoms with Gasteiger partial charge in [-0.3, -0.25) is 0 Å². The summed E-state index contributed by atoms with van der Waals surface area (Å²) in [5.41, 5.74) is 1.51. The van der Waals surface area contributed by atoms with Crippen LogP contribution in [0.5, 0.6) is 0 Å². The fourth-order valence-corrected chi connectivity index (χ4v) is 1.14. The Hall–Kier alpha value is -0.780. The molecule has 0 aromatic heterocycles. The predicted molar refractivity (Wildman–Crippen MR) is 34.5 cm³/mol. The van der Waals surface area contributed by atoms with Crippen molar-refractivity contribution in [2.24, 2.45) is 5.92 Å². The molecule has 2 rings (SSSR count). The first-order chi connectivity index (χ1) is 3.97. The Morgan fingerprint density at radius 2 is 2.50 bits per heavy atom. The molecule has 0 saturated carbocycles. The van der Waals surface area contributed by atoms with Gasteiger partial charge in [-0.15, -0.1) is 0 Å². The van der Waals surface area contributed by atoms with Crippen molar-refractivity contribution in [1.82, 2.24) is 0 Å². The molecule has 0 aromatic rings. The number of hydrogen-bond acceptors (Lipinski definition) is 0. The summed E-state index contributed by atoms with van der Waals surface area (Å²) in [5, 5.41) is 0. The summed E-state index contributed by atoms with van der Waals surface area (Å²) in [6, 6.07) is 0. The van der Waals surface area contributed by atoms with Gasteiger partial charge in [-0.1, -0.05) is 30.4 Å². The zero-order valence-corrected chi connectivity index (χ0v) is 4.67. The third-order valence-electron chi connectivity index (χ3n) is 1.76. The first-order valence-electron chi connectivity index (χ1n) is 3.02. The molecule has 0 radical (unpaired) electrons. The largest absolute Gasteiger partial charge is 0.0836 e. The summed E-state index contributed by atoms with van der Waals surface area (Å²) in [7, 11) is 0. The van der Waals surface area contributed by atoms with Crippen LogP contribution in [0.3, 0.4) is 0 Å². The van der Waals surface area contributed by atoms with Crippen LogP contribution >= 0.6 is 0 Å². The topological polar surface area (TPSA) is 0 Å². The zero-order chi connectivity index (χ0) is 5.40. The smallest absolute Gasteiger partial charge is 0.00556 e. The summed E-state index contributed by atoms with van der Waals surface area (Å²) in [4.78, 5) is 0. The van der Waals surface area contributed by atoms with Crippen LogP contribution in [0.1, 0.15) is 6.42 Å². The Labute approximate surface area is 49.2 Å². The molecule has 40 valence electrons. The maximum absolute atomic E-state index is 2.26. The fourth-order valence-electron chi connectivity index (χ4n) is 1.14. The van der Waals surface area contributed by atoms with Crippen molar-refractivity contribution in [3.63, 3.8) is 0 Å². The highest BCUT2D eigenvalue weighted by Gasteiger charge is 2.15. The molecule has 0 aromatic carbocycles. The Morgan fingerprint density at radius 3 is 2.88 bits per heavy atom. The number of hydrogen-bond donors (Lipinski definition) is 0. The molecule has 0 saturated heterocycles. The fraction of sp³-hybridized carbons (Fsp3) is 0.250. The lowest BCUT2D eigenvalue weighted by Gasteiger charge is -2.22. The molecule has 0 bridgehead atoms. The van der Waals surface area contributed by atoms with Crippen molar-refractivity contribution >= 4 is 0 Å². The maximum Gasteiger partial charge on any atom is 0.00556 e. The summed E-state index contributed by atoms with van der Waals surface area (Å²) < 4.78 is 0. The second kappa shape index (κ2) is 1.35. The lowest BCUT2D eigenvalue weighted by Crippen LogP contribution is -2.07.